The topological polar surface area (TPSA) is 54.1 Å². The number of hydrogen-bond donors (Lipinski definition) is 1. The minimum Gasteiger partial charge on any atom is -0.378 e. The van der Waals surface area contributed by atoms with Crippen molar-refractivity contribution in [2.24, 2.45) is 10.7 Å². The van der Waals surface area contributed by atoms with Crippen LogP contribution < -0.4 is 5.73 Å². The van der Waals surface area contributed by atoms with Crippen LogP contribution in [0.4, 0.5) is 0 Å². The van der Waals surface area contributed by atoms with Crippen molar-refractivity contribution in [2.45, 2.75) is 20.3 Å². The van der Waals surface area contributed by atoms with Gasteiger partial charge in [0.05, 0.1) is 19.8 Å². The fourth-order valence-electron chi connectivity index (χ4n) is 1.94. The zero-order valence-electron chi connectivity index (χ0n) is 11.6. The quantitative estimate of drug-likeness (QED) is 0.430. The first-order valence-electron chi connectivity index (χ1n) is 6.62. The summed E-state index contributed by atoms with van der Waals surface area (Å²) in [7, 11) is 0. The number of guanidine groups is 1. The Morgan fingerprint density at radius 2 is 1.94 bits per heavy atom. The Balaban J connectivity index is 0.00000289. The average molecular weight is 370 g/mol. The molecule has 0 aliphatic carbocycles. The SMILES string of the molecule is CCCN(CC)CCN=C(N)N1CCOCC1.I. The van der Waals surface area contributed by atoms with E-state index in [4.69, 9.17) is 10.5 Å². The van der Waals surface area contributed by atoms with Gasteiger partial charge in [-0.1, -0.05) is 13.8 Å². The van der Waals surface area contributed by atoms with Crippen molar-refractivity contribution in [3.8, 4) is 0 Å². The Kier molecular flexibility index (Phi) is 10.8. The van der Waals surface area contributed by atoms with E-state index in [1.165, 1.54) is 6.42 Å². The number of aliphatic imine (C=N–C) groups is 1. The number of likely N-dealkylation sites (N-methyl/N-ethyl adjacent to an activating group) is 1. The molecule has 0 bridgehead atoms. The van der Waals surface area contributed by atoms with E-state index >= 15 is 0 Å². The van der Waals surface area contributed by atoms with Gasteiger partial charge in [0, 0.05) is 19.6 Å². The first kappa shape index (κ1) is 17.9. The largest absolute Gasteiger partial charge is 0.378 e. The summed E-state index contributed by atoms with van der Waals surface area (Å²) in [6, 6.07) is 0. The summed E-state index contributed by atoms with van der Waals surface area (Å²) in [4.78, 5) is 8.94. The number of rotatable bonds is 6. The van der Waals surface area contributed by atoms with Crippen LogP contribution in [0.1, 0.15) is 20.3 Å². The molecule has 5 nitrogen and oxygen atoms in total. The van der Waals surface area contributed by atoms with Crippen molar-refractivity contribution >= 4 is 29.9 Å². The standard InChI is InChI=1S/C12H26N4O.HI/c1-3-6-15(4-2)7-5-14-12(13)16-8-10-17-11-9-16;/h3-11H2,1-2H3,(H2,13,14);1H. The third-order valence-corrected chi connectivity index (χ3v) is 3.01. The average Bonchev–Trinajstić information content (AvgIpc) is 2.38. The van der Waals surface area contributed by atoms with Gasteiger partial charge >= 0.3 is 0 Å². The normalized spacial score (nSPS) is 16.8. The van der Waals surface area contributed by atoms with Crippen molar-refractivity contribution in [3.05, 3.63) is 0 Å². The molecule has 1 rings (SSSR count). The van der Waals surface area contributed by atoms with Gasteiger partial charge in [0.2, 0.25) is 0 Å². The lowest BCUT2D eigenvalue weighted by Crippen LogP contribution is -2.45. The van der Waals surface area contributed by atoms with Crippen LogP contribution in [-0.4, -0.2) is 68.2 Å². The number of halogens is 1. The van der Waals surface area contributed by atoms with Gasteiger partial charge < -0.3 is 20.3 Å². The third kappa shape index (κ3) is 6.75. The summed E-state index contributed by atoms with van der Waals surface area (Å²) < 4.78 is 5.28. The molecule has 0 unspecified atom stereocenters. The molecular weight excluding hydrogens is 343 g/mol. The van der Waals surface area contributed by atoms with Gasteiger partial charge in [-0.2, -0.15) is 0 Å². The fourth-order valence-corrected chi connectivity index (χ4v) is 1.94. The monoisotopic (exact) mass is 370 g/mol. The van der Waals surface area contributed by atoms with Gasteiger partial charge in [0.15, 0.2) is 5.96 Å². The second-order valence-electron chi connectivity index (χ2n) is 4.27. The summed E-state index contributed by atoms with van der Waals surface area (Å²) in [6.07, 6.45) is 1.19. The Morgan fingerprint density at radius 1 is 1.28 bits per heavy atom. The minimum atomic E-state index is 0. The molecule has 0 spiro atoms. The van der Waals surface area contributed by atoms with Crippen LogP contribution in [0.25, 0.3) is 0 Å². The smallest absolute Gasteiger partial charge is 0.191 e. The predicted octanol–water partition coefficient (Wildman–Crippen LogP) is 0.983. The number of nitrogens with two attached hydrogens (primary N) is 1. The first-order chi connectivity index (χ1) is 8.27. The lowest BCUT2D eigenvalue weighted by atomic mass is 10.4. The van der Waals surface area contributed by atoms with Crippen molar-refractivity contribution < 1.29 is 4.74 Å². The van der Waals surface area contributed by atoms with Crippen LogP contribution in [0.15, 0.2) is 4.99 Å². The Morgan fingerprint density at radius 3 is 2.50 bits per heavy atom. The zero-order chi connectivity index (χ0) is 12.5. The molecule has 0 atom stereocenters. The van der Waals surface area contributed by atoms with Gasteiger partial charge in [-0.25, -0.2) is 0 Å². The van der Waals surface area contributed by atoms with Crippen LogP contribution in [-0.2, 0) is 4.74 Å². The lowest BCUT2D eigenvalue weighted by Gasteiger charge is -2.27. The molecule has 1 fully saturated rings. The Hall–Kier alpha value is -0.0800. The highest BCUT2D eigenvalue weighted by molar-refractivity contribution is 14.0. The summed E-state index contributed by atoms with van der Waals surface area (Å²) in [5, 5.41) is 0. The van der Waals surface area contributed by atoms with Crippen molar-refractivity contribution in [1.82, 2.24) is 9.80 Å². The van der Waals surface area contributed by atoms with Gasteiger partial charge in [0.25, 0.3) is 0 Å². The number of hydrogen-bond acceptors (Lipinski definition) is 3. The molecule has 0 radical (unpaired) electrons. The van der Waals surface area contributed by atoms with E-state index in [0.29, 0.717) is 5.96 Å². The molecule has 1 saturated heterocycles. The van der Waals surface area contributed by atoms with Crippen molar-refractivity contribution in [1.29, 1.82) is 0 Å². The molecule has 18 heavy (non-hydrogen) atoms. The number of nitrogens with zero attached hydrogens (tertiary/aromatic N) is 3. The van der Waals surface area contributed by atoms with Gasteiger partial charge in [0.1, 0.15) is 0 Å². The zero-order valence-corrected chi connectivity index (χ0v) is 13.9. The molecule has 1 aliphatic heterocycles. The molecule has 6 heteroatoms. The van der Waals surface area contributed by atoms with Crippen molar-refractivity contribution in [2.75, 3.05) is 52.5 Å². The molecule has 0 saturated carbocycles. The summed E-state index contributed by atoms with van der Waals surface area (Å²) in [6.45, 7) is 11.6. The van der Waals surface area contributed by atoms with Crippen LogP contribution >= 0.6 is 24.0 Å². The molecule has 0 aromatic rings. The molecule has 108 valence electrons. The van der Waals surface area contributed by atoms with E-state index in [2.05, 4.69) is 28.6 Å². The maximum absolute atomic E-state index is 5.95. The van der Waals surface area contributed by atoms with E-state index < -0.39 is 0 Å². The highest BCUT2D eigenvalue weighted by atomic mass is 127. The maximum Gasteiger partial charge on any atom is 0.191 e. The van der Waals surface area contributed by atoms with Gasteiger partial charge in [-0.05, 0) is 19.5 Å². The fraction of sp³-hybridized carbons (Fsp3) is 0.917. The van der Waals surface area contributed by atoms with Crippen LogP contribution in [0.5, 0.6) is 0 Å². The summed E-state index contributed by atoms with van der Waals surface area (Å²) in [5.41, 5.74) is 5.95. The van der Waals surface area contributed by atoms with Crippen LogP contribution in [0, 0.1) is 0 Å². The molecule has 1 heterocycles. The Bertz CT molecular complexity index is 232. The molecule has 0 aromatic heterocycles. The van der Waals surface area contributed by atoms with Crippen LogP contribution in [0.2, 0.25) is 0 Å². The van der Waals surface area contributed by atoms with Gasteiger partial charge in [-0.15, -0.1) is 24.0 Å². The van der Waals surface area contributed by atoms with E-state index in [1.807, 2.05) is 0 Å². The van der Waals surface area contributed by atoms with Crippen LogP contribution in [0.3, 0.4) is 0 Å². The second-order valence-corrected chi connectivity index (χ2v) is 4.27. The molecule has 0 amide bonds. The summed E-state index contributed by atoms with van der Waals surface area (Å²) >= 11 is 0. The maximum atomic E-state index is 5.95. The highest BCUT2D eigenvalue weighted by Gasteiger charge is 2.11. The third-order valence-electron chi connectivity index (χ3n) is 3.01. The predicted molar refractivity (Wildman–Crippen MR) is 86.7 cm³/mol. The van der Waals surface area contributed by atoms with Crippen molar-refractivity contribution in [3.63, 3.8) is 0 Å². The van der Waals surface area contributed by atoms with E-state index in [0.717, 1.165) is 52.5 Å². The molecule has 1 aliphatic rings. The summed E-state index contributed by atoms with van der Waals surface area (Å²) in [5.74, 6) is 0.667. The molecule has 0 aromatic carbocycles. The number of morpholine rings is 1. The van der Waals surface area contributed by atoms with E-state index in [-0.39, 0.29) is 24.0 Å². The lowest BCUT2D eigenvalue weighted by molar-refractivity contribution is 0.0674. The highest BCUT2D eigenvalue weighted by Crippen LogP contribution is 1.96. The van der Waals surface area contributed by atoms with E-state index in [9.17, 15) is 0 Å². The number of ether oxygens (including phenoxy) is 1. The van der Waals surface area contributed by atoms with E-state index in [1.54, 1.807) is 0 Å². The first-order valence-corrected chi connectivity index (χ1v) is 6.62. The molecular formula is C12H27IN4O. The minimum absolute atomic E-state index is 0. The second kappa shape index (κ2) is 10.8. The molecule has 2 N–H and O–H groups in total. The Labute approximate surface area is 128 Å². The van der Waals surface area contributed by atoms with Gasteiger partial charge in [-0.3, -0.25) is 4.99 Å².